The van der Waals surface area contributed by atoms with Gasteiger partial charge >= 0.3 is 0 Å². The van der Waals surface area contributed by atoms with Crippen LogP contribution in [0.25, 0.3) is 0 Å². The Kier molecular flexibility index (Phi) is 7.81. The minimum Gasteiger partial charge on any atom is -0.490 e. The van der Waals surface area contributed by atoms with Gasteiger partial charge in [-0.3, -0.25) is 9.59 Å². The van der Waals surface area contributed by atoms with Gasteiger partial charge in [0.2, 0.25) is 0 Å². The van der Waals surface area contributed by atoms with Crippen LogP contribution in [0.4, 0.5) is 0 Å². The lowest BCUT2D eigenvalue weighted by atomic mass is 10.2. The maximum atomic E-state index is 12.0. The Bertz CT molecular complexity index is 821. The largest absolute Gasteiger partial charge is 0.490 e. The molecule has 0 saturated heterocycles. The van der Waals surface area contributed by atoms with E-state index >= 15 is 0 Å². The van der Waals surface area contributed by atoms with Crippen molar-refractivity contribution in [3.8, 4) is 5.75 Å². The van der Waals surface area contributed by atoms with Crippen molar-refractivity contribution in [2.24, 2.45) is 5.10 Å². The summed E-state index contributed by atoms with van der Waals surface area (Å²) in [6, 6.07) is 14.4. The summed E-state index contributed by atoms with van der Waals surface area (Å²) in [6.45, 7) is 3.84. The number of amides is 2. The number of hydrazone groups is 1. The molecule has 2 rings (SSSR count). The summed E-state index contributed by atoms with van der Waals surface area (Å²) in [6.07, 6.45) is 3.16. The molecule has 0 spiro atoms. The van der Waals surface area contributed by atoms with Crippen LogP contribution >= 0.6 is 22.6 Å². The predicted molar refractivity (Wildman–Crippen MR) is 109 cm³/mol. The van der Waals surface area contributed by atoms with Gasteiger partial charge in [-0.1, -0.05) is 36.9 Å². The molecule has 2 N–H and O–H groups in total. The highest BCUT2D eigenvalue weighted by Gasteiger charge is 2.10. The van der Waals surface area contributed by atoms with Gasteiger partial charge in [0.05, 0.1) is 18.3 Å². The molecule has 0 heterocycles. The summed E-state index contributed by atoms with van der Waals surface area (Å²) >= 11 is 2.07. The number of halogens is 1. The molecule has 0 bridgehead atoms. The number of carbonyl (C=O) groups is 2. The minimum atomic E-state index is -0.417. The lowest BCUT2D eigenvalue weighted by molar-refractivity contribution is -0.120. The van der Waals surface area contributed by atoms with E-state index in [1.165, 1.54) is 6.21 Å². The summed E-state index contributed by atoms with van der Waals surface area (Å²) < 4.78 is 6.24. The lowest BCUT2D eigenvalue weighted by Gasteiger charge is -2.06. The Morgan fingerprint density at radius 1 is 1.19 bits per heavy atom. The van der Waals surface area contributed by atoms with E-state index in [-0.39, 0.29) is 12.5 Å². The first-order valence-electron chi connectivity index (χ1n) is 7.78. The average Bonchev–Trinajstić information content (AvgIpc) is 2.65. The van der Waals surface area contributed by atoms with E-state index in [9.17, 15) is 9.59 Å². The summed E-state index contributed by atoms with van der Waals surface area (Å²) in [5.74, 6) is -0.0364. The van der Waals surface area contributed by atoms with E-state index in [1.54, 1.807) is 24.3 Å². The normalized spacial score (nSPS) is 10.3. The van der Waals surface area contributed by atoms with Crippen molar-refractivity contribution >= 4 is 40.6 Å². The van der Waals surface area contributed by atoms with Crippen LogP contribution in [-0.4, -0.2) is 31.2 Å². The SMILES string of the molecule is C=CCOc1cccc(/C=N/NC(=O)CNC(=O)c2ccccc2I)c1. The number of ether oxygens (including phenoxy) is 1. The third kappa shape index (κ3) is 6.32. The predicted octanol–water partition coefficient (Wildman–Crippen LogP) is 2.74. The van der Waals surface area contributed by atoms with Gasteiger partial charge in [0.15, 0.2) is 0 Å². The molecule has 0 saturated carbocycles. The van der Waals surface area contributed by atoms with Crippen LogP contribution in [-0.2, 0) is 4.79 Å². The fraction of sp³-hybridized carbons (Fsp3) is 0.105. The van der Waals surface area contributed by atoms with Crippen molar-refractivity contribution in [2.75, 3.05) is 13.2 Å². The first-order chi connectivity index (χ1) is 12.6. The third-order valence-corrected chi connectivity index (χ3v) is 4.10. The van der Waals surface area contributed by atoms with Crippen LogP contribution in [0, 0.1) is 3.57 Å². The zero-order chi connectivity index (χ0) is 18.8. The van der Waals surface area contributed by atoms with E-state index in [0.29, 0.717) is 17.9 Å². The number of nitrogens with zero attached hydrogens (tertiary/aromatic N) is 1. The number of nitrogens with one attached hydrogen (secondary N) is 2. The molecule has 0 atom stereocenters. The fourth-order valence-corrected chi connectivity index (χ4v) is 2.59. The molecular weight excluding hydrogens is 445 g/mol. The Morgan fingerprint density at radius 3 is 2.77 bits per heavy atom. The molecule has 0 aliphatic rings. The van der Waals surface area contributed by atoms with E-state index < -0.39 is 5.91 Å². The number of hydrogen-bond donors (Lipinski definition) is 2. The highest BCUT2D eigenvalue weighted by atomic mass is 127. The molecule has 26 heavy (non-hydrogen) atoms. The van der Waals surface area contributed by atoms with Crippen LogP contribution in [0.15, 0.2) is 66.3 Å². The molecule has 2 aromatic carbocycles. The first kappa shape index (κ1) is 19.6. The molecule has 6 nitrogen and oxygen atoms in total. The summed E-state index contributed by atoms with van der Waals surface area (Å²) in [4.78, 5) is 23.8. The van der Waals surface area contributed by atoms with Crippen molar-refractivity contribution < 1.29 is 14.3 Å². The topological polar surface area (TPSA) is 79.8 Å². The highest BCUT2D eigenvalue weighted by Crippen LogP contribution is 2.12. The van der Waals surface area contributed by atoms with Crippen molar-refractivity contribution in [3.63, 3.8) is 0 Å². The van der Waals surface area contributed by atoms with Crippen LogP contribution in [0.5, 0.6) is 5.75 Å². The molecule has 7 heteroatoms. The second-order valence-corrected chi connectivity index (χ2v) is 6.29. The van der Waals surface area contributed by atoms with E-state index in [2.05, 4.69) is 45.0 Å². The van der Waals surface area contributed by atoms with Crippen molar-refractivity contribution in [1.82, 2.24) is 10.7 Å². The van der Waals surface area contributed by atoms with Gasteiger partial charge in [-0.25, -0.2) is 5.43 Å². The van der Waals surface area contributed by atoms with Crippen LogP contribution in [0.3, 0.4) is 0 Å². The van der Waals surface area contributed by atoms with Crippen LogP contribution < -0.4 is 15.5 Å². The first-order valence-corrected chi connectivity index (χ1v) is 8.86. The van der Waals surface area contributed by atoms with Gasteiger partial charge in [-0.05, 0) is 52.4 Å². The van der Waals surface area contributed by atoms with Gasteiger partial charge in [0.1, 0.15) is 12.4 Å². The fourth-order valence-electron chi connectivity index (χ4n) is 1.96. The highest BCUT2D eigenvalue weighted by molar-refractivity contribution is 14.1. The Labute approximate surface area is 165 Å². The number of hydrogen-bond acceptors (Lipinski definition) is 4. The molecule has 0 aliphatic heterocycles. The summed E-state index contributed by atoms with van der Waals surface area (Å²) in [7, 11) is 0. The quantitative estimate of drug-likeness (QED) is 0.274. The average molecular weight is 463 g/mol. The number of benzene rings is 2. The lowest BCUT2D eigenvalue weighted by Crippen LogP contribution is -2.35. The number of carbonyl (C=O) groups excluding carboxylic acids is 2. The maximum absolute atomic E-state index is 12.0. The Morgan fingerprint density at radius 2 is 2.00 bits per heavy atom. The molecule has 0 fully saturated rings. The zero-order valence-corrected chi connectivity index (χ0v) is 16.1. The van der Waals surface area contributed by atoms with Gasteiger partial charge in [0, 0.05) is 3.57 Å². The number of rotatable bonds is 8. The molecule has 0 radical (unpaired) electrons. The van der Waals surface area contributed by atoms with Crippen LogP contribution in [0.1, 0.15) is 15.9 Å². The third-order valence-electron chi connectivity index (χ3n) is 3.16. The van der Waals surface area contributed by atoms with Crippen molar-refractivity contribution in [3.05, 3.63) is 75.9 Å². The van der Waals surface area contributed by atoms with Gasteiger partial charge in [0.25, 0.3) is 11.8 Å². The minimum absolute atomic E-state index is 0.163. The van der Waals surface area contributed by atoms with E-state index in [0.717, 1.165) is 9.13 Å². The van der Waals surface area contributed by atoms with Crippen molar-refractivity contribution in [2.45, 2.75) is 0 Å². The molecule has 0 unspecified atom stereocenters. The molecule has 134 valence electrons. The molecule has 0 aromatic heterocycles. The van der Waals surface area contributed by atoms with E-state index in [4.69, 9.17) is 4.74 Å². The van der Waals surface area contributed by atoms with E-state index in [1.807, 2.05) is 30.3 Å². The molecule has 0 aliphatic carbocycles. The Balaban J connectivity index is 1.81. The zero-order valence-electron chi connectivity index (χ0n) is 13.9. The maximum Gasteiger partial charge on any atom is 0.259 e. The monoisotopic (exact) mass is 463 g/mol. The van der Waals surface area contributed by atoms with Gasteiger partial charge in [-0.15, -0.1) is 0 Å². The molecule has 2 aromatic rings. The summed E-state index contributed by atoms with van der Waals surface area (Å²) in [5, 5.41) is 6.44. The van der Waals surface area contributed by atoms with Gasteiger partial charge < -0.3 is 10.1 Å². The Hall–Kier alpha value is -2.68. The standard InChI is InChI=1S/C19H18IN3O3/c1-2-10-26-15-7-5-6-14(11-15)12-22-23-18(24)13-21-19(25)16-8-3-4-9-17(16)20/h2-9,11-12H,1,10,13H2,(H,21,25)(H,23,24)/b22-12+. The smallest absolute Gasteiger partial charge is 0.259 e. The van der Waals surface area contributed by atoms with Crippen LogP contribution in [0.2, 0.25) is 0 Å². The van der Waals surface area contributed by atoms with Crippen molar-refractivity contribution in [1.29, 1.82) is 0 Å². The second kappa shape index (κ2) is 10.3. The summed E-state index contributed by atoms with van der Waals surface area (Å²) in [5.41, 5.74) is 3.67. The molecular formula is C19H18IN3O3. The second-order valence-electron chi connectivity index (χ2n) is 5.13. The molecule has 2 amide bonds. The van der Waals surface area contributed by atoms with Gasteiger partial charge in [-0.2, -0.15) is 5.10 Å².